The molecule has 0 heterocycles. The van der Waals surface area contributed by atoms with Crippen LogP contribution < -0.4 is 0 Å². The van der Waals surface area contributed by atoms with Crippen LogP contribution in [0, 0.1) is 0 Å². The van der Waals surface area contributed by atoms with E-state index in [-0.39, 0.29) is 0 Å². The predicted octanol–water partition coefficient (Wildman–Crippen LogP) is 0.609. The summed E-state index contributed by atoms with van der Waals surface area (Å²) in [5, 5.41) is 0. The van der Waals surface area contributed by atoms with Crippen LogP contribution >= 0.6 is 0 Å². The number of hydrogen-bond acceptors (Lipinski definition) is 4. The van der Waals surface area contributed by atoms with Gasteiger partial charge >= 0.3 is 9.53 Å². The highest BCUT2D eigenvalue weighted by molar-refractivity contribution is 6.45. The molecule has 14 heavy (non-hydrogen) atoms. The fourth-order valence-electron chi connectivity index (χ4n) is 0.825. The molecule has 0 spiro atoms. The normalized spacial score (nSPS) is 12.0. The van der Waals surface area contributed by atoms with E-state index in [1.165, 1.54) is 0 Å². The van der Waals surface area contributed by atoms with Gasteiger partial charge in [0.05, 0.1) is 0 Å². The second-order valence-electron chi connectivity index (χ2n) is 2.75. The zero-order valence-corrected chi connectivity index (χ0v) is 12.0. The Bertz CT molecular complexity index is 110. The predicted molar refractivity (Wildman–Crippen MR) is 60.9 cm³/mol. The van der Waals surface area contributed by atoms with E-state index in [0.717, 1.165) is 19.4 Å². The summed E-state index contributed by atoms with van der Waals surface area (Å²) in [6.45, 7) is 8.15. The van der Waals surface area contributed by atoms with Crippen molar-refractivity contribution in [1.82, 2.24) is 0 Å². The third-order valence-corrected chi connectivity index (χ3v) is 4.83. The summed E-state index contributed by atoms with van der Waals surface area (Å²) in [5.41, 5.74) is 0. The van der Waals surface area contributed by atoms with Gasteiger partial charge in [-0.05, 0) is 20.3 Å². The van der Waals surface area contributed by atoms with Gasteiger partial charge in [0.1, 0.15) is 0 Å². The van der Waals surface area contributed by atoms with Gasteiger partial charge in [-0.3, -0.25) is 0 Å². The maximum absolute atomic E-state index is 5.48. The largest absolute Gasteiger partial charge is 0.474 e. The monoisotopic (exact) mass is 238 g/mol. The van der Waals surface area contributed by atoms with Crippen molar-refractivity contribution in [2.75, 3.05) is 19.8 Å². The molecule has 6 heteroatoms. The van der Waals surface area contributed by atoms with Crippen molar-refractivity contribution < 1.29 is 17.4 Å². The van der Waals surface area contributed by atoms with Crippen LogP contribution in [0.4, 0.5) is 0 Å². The molecule has 0 aliphatic rings. The smallest absolute Gasteiger partial charge is 0.400 e. The minimum absolute atomic E-state index is 0.653. The van der Waals surface area contributed by atoms with Gasteiger partial charge < -0.3 is 17.4 Å². The van der Waals surface area contributed by atoms with Crippen LogP contribution in [0.3, 0.4) is 0 Å². The maximum atomic E-state index is 5.48. The summed E-state index contributed by atoms with van der Waals surface area (Å²) >= 11 is 0. The van der Waals surface area contributed by atoms with Gasteiger partial charge in [0, 0.05) is 19.8 Å². The van der Waals surface area contributed by atoms with Gasteiger partial charge in [-0.1, -0.05) is 13.3 Å². The van der Waals surface area contributed by atoms with Gasteiger partial charge in [0.2, 0.25) is 0 Å². The van der Waals surface area contributed by atoms with E-state index in [9.17, 15) is 0 Å². The van der Waals surface area contributed by atoms with Crippen molar-refractivity contribution in [2.45, 2.75) is 33.6 Å². The van der Waals surface area contributed by atoms with Crippen LogP contribution in [0.25, 0.3) is 0 Å². The fourth-order valence-corrected chi connectivity index (χ4v) is 3.39. The van der Waals surface area contributed by atoms with Gasteiger partial charge in [-0.15, -0.1) is 0 Å². The topological polar surface area (TPSA) is 36.9 Å². The Labute approximate surface area is 90.9 Å². The van der Waals surface area contributed by atoms with Gasteiger partial charge in [0.15, 0.2) is 0 Å². The molecule has 0 aromatic rings. The molecule has 86 valence electrons. The van der Waals surface area contributed by atoms with Crippen molar-refractivity contribution in [1.29, 1.82) is 0 Å². The van der Waals surface area contributed by atoms with Gasteiger partial charge in [-0.2, -0.15) is 0 Å². The fraction of sp³-hybridized carbons (Fsp3) is 1.00. The average molecular weight is 238 g/mol. The van der Waals surface area contributed by atoms with E-state index in [4.69, 9.17) is 17.4 Å². The van der Waals surface area contributed by atoms with Crippen molar-refractivity contribution in [2.24, 2.45) is 0 Å². The van der Waals surface area contributed by atoms with E-state index in [0.29, 0.717) is 13.2 Å². The quantitative estimate of drug-likeness (QED) is 0.413. The Hall–Kier alpha value is 0.274. The molecule has 0 fully saturated rings. The Balaban J connectivity index is 3.30. The molecule has 0 aliphatic heterocycles. The molecule has 0 saturated heterocycles. The van der Waals surface area contributed by atoms with Crippen LogP contribution in [0.15, 0.2) is 0 Å². The summed E-state index contributed by atoms with van der Waals surface area (Å²) in [5.74, 6) is 0. The van der Waals surface area contributed by atoms with Crippen LogP contribution in [0.1, 0.15) is 33.6 Å². The second kappa shape index (κ2) is 11.3. The van der Waals surface area contributed by atoms with E-state index in [1.807, 2.05) is 13.8 Å². The van der Waals surface area contributed by atoms with Crippen molar-refractivity contribution in [3.05, 3.63) is 0 Å². The number of hydrogen-bond donors (Lipinski definition) is 0. The number of unbranched alkanes of at least 4 members (excludes halogenated alkanes) is 1. The molecule has 0 rings (SSSR count). The summed E-state index contributed by atoms with van der Waals surface area (Å²) in [6.07, 6.45) is 2.26. The Morgan fingerprint density at radius 1 is 1.07 bits per heavy atom. The molecule has 0 N–H and O–H groups in total. The Morgan fingerprint density at radius 3 is 2.21 bits per heavy atom. The zero-order valence-electron chi connectivity index (χ0n) is 9.45. The minimum Gasteiger partial charge on any atom is -0.400 e. The molecule has 0 radical (unpaired) electrons. The van der Waals surface area contributed by atoms with Gasteiger partial charge in [-0.25, -0.2) is 0 Å². The molecular weight excluding hydrogens is 216 g/mol. The summed E-state index contributed by atoms with van der Waals surface area (Å²) in [4.78, 5) is 0. The van der Waals surface area contributed by atoms with E-state index >= 15 is 0 Å². The highest BCUT2D eigenvalue weighted by atomic mass is 28.4. The molecule has 0 bridgehead atoms. The highest BCUT2D eigenvalue weighted by Gasteiger charge is 2.12. The number of rotatable bonds is 10. The van der Waals surface area contributed by atoms with E-state index < -0.39 is 19.5 Å². The third-order valence-electron chi connectivity index (χ3n) is 1.54. The lowest BCUT2D eigenvalue weighted by Crippen LogP contribution is -2.29. The first kappa shape index (κ1) is 14.3. The molecule has 0 aromatic heterocycles. The first-order chi connectivity index (χ1) is 6.85. The molecular formula is C8H22O4Si2. The lowest BCUT2D eigenvalue weighted by molar-refractivity contribution is 0.141. The van der Waals surface area contributed by atoms with Gasteiger partial charge in [0.25, 0.3) is 10.0 Å². The second-order valence-corrected chi connectivity index (χ2v) is 5.97. The zero-order chi connectivity index (χ0) is 10.6. The molecule has 0 aliphatic carbocycles. The minimum atomic E-state index is -1.85. The molecule has 0 unspecified atom stereocenters. The standard InChI is InChI=1S/C8H22O4Si2/c1-4-7-8-9-13-12-14(10-5-2)11-6-3/h14H,4-8,13H2,1-3H3. The molecule has 4 nitrogen and oxygen atoms in total. The molecule has 0 aromatic carbocycles. The van der Waals surface area contributed by atoms with Crippen LogP contribution in [0.5, 0.6) is 0 Å². The van der Waals surface area contributed by atoms with E-state index in [2.05, 4.69) is 6.92 Å². The van der Waals surface area contributed by atoms with Crippen molar-refractivity contribution in [3.8, 4) is 0 Å². The molecule has 0 atom stereocenters. The maximum Gasteiger partial charge on any atom is 0.474 e. The average Bonchev–Trinajstić information content (AvgIpc) is 2.18. The first-order valence-electron chi connectivity index (χ1n) is 5.27. The lowest BCUT2D eigenvalue weighted by Gasteiger charge is -2.14. The highest BCUT2D eigenvalue weighted by Crippen LogP contribution is 1.93. The van der Waals surface area contributed by atoms with Crippen LogP contribution in [-0.2, 0) is 17.4 Å². The summed E-state index contributed by atoms with van der Waals surface area (Å²) in [7, 11) is -2.73. The molecule has 0 amide bonds. The van der Waals surface area contributed by atoms with Crippen molar-refractivity contribution >= 4 is 19.5 Å². The van der Waals surface area contributed by atoms with Crippen LogP contribution in [-0.4, -0.2) is 39.4 Å². The Morgan fingerprint density at radius 2 is 1.71 bits per heavy atom. The Kier molecular flexibility index (Phi) is 11.6. The van der Waals surface area contributed by atoms with Crippen molar-refractivity contribution in [3.63, 3.8) is 0 Å². The summed E-state index contributed by atoms with van der Waals surface area (Å²) in [6, 6.07) is 0. The summed E-state index contributed by atoms with van der Waals surface area (Å²) < 4.78 is 21.5. The first-order valence-corrected chi connectivity index (χ1v) is 7.84. The van der Waals surface area contributed by atoms with Crippen LogP contribution in [0.2, 0.25) is 0 Å². The van der Waals surface area contributed by atoms with E-state index in [1.54, 1.807) is 0 Å². The SMILES string of the molecule is CCCCO[SiH2]O[SiH](OCC)OCC. The third kappa shape index (κ3) is 8.85. The lowest BCUT2D eigenvalue weighted by atomic mass is 10.4. The molecule has 0 saturated carbocycles.